The lowest BCUT2D eigenvalue weighted by molar-refractivity contribution is -0.121. The molecule has 0 aromatic heterocycles. The number of anilines is 1. The summed E-state index contributed by atoms with van der Waals surface area (Å²) in [7, 11) is 0. The highest BCUT2D eigenvalue weighted by molar-refractivity contribution is 14.1. The lowest BCUT2D eigenvalue weighted by atomic mass is 10.1. The van der Waals surface area contributed by atoms with Gasteiger partial charge in [0.2, 0.25) is 0 Å². The molecule has 0 spiro atoms. The van der Waals surface area contributed by atoms with Gasteiger partial charge in [0.15, 0.2) is 6.61 Å². The Balaban J connectivity index is 1.98. The van der Waals surface area contributed by atoms with Crippen LogP contribution in [0.2, 0.25) is 10.0 Å². The number of halogens is 3. The van der Waals surface area contributed by atoms with E-state index in [1.807, 2.05) is 24.3 Å². The van der Waals surface area contributed by atoms with E-state index < -0.39 is 0 Å². The molecule has 0 unspecified atom stereocenters. The lowest BCUT2D eigenvalue weighted by Gasteiger charge is -2.29. The maximum absolute atomic E-state index is 12.2. The second-order valence-corrected chi connectivity index (χ2v) is 6.71. The van der Waals surface area contributed by atoms with Gasteiger partial charge in [-0.15, -0.1) is 0 Å². The SMILES string of the molecule is O=C1COc2ccc(I)cc2N1Cc1ccc(Cl)cc1Cl. The summed E-state index contributed by atoms with van der Waals surface area (Å²) in [5.74, 6) is 0.621. The van der Waals surface area contributed by atoms with Gasteiger partial charge in [0.05, 0.1) is 12.2 Å². The summed E-state index contributed by atoms with van der Waals surface area (Å²) >= 11 is 14.3. The molecular formula is C15H10Cl2INO2. The molecule has 1 aliphatic rings. The first-order valence-corrected chi connectivity index (χ1v) is 8.05. The van der Waals surface area contributed by atoms with Crippen molar-refractivity contribution < 1.29 is 9.53 Å². The zero-order valence-electron chi connectivity index (χ0n) is 10.8. The van der Waals surface area contributed by atoms with Gasteiger partial charge in [-0.05, 0) is 58.5 Å². The molecule has 0 atom stereocenters. The molecule has 0 fully saturated rings. The fourth-order valence-electron chi connectivity index (χ4n) is 2.17. The van der Waals surface area contributed by atoms with Crippen LogP contribution in [-0.2, 0) is 11.3 Å². The number of rotatable bonds is 2. The van der Waals surface area contributed by atoms with Crippen molar-refractivity contribution in [3.63, 3.8) is 0 Å². The summed E-state index contributed by atoms with van der Waals surface area (Å²) < 4.78 is 6.50. The number of hydrogen-bond acceptors (Lipinski definition) is 2. The predicted octanol–water partition coefficient (Wildman–Crippen LogP) is 4.52. The second-order valence-electron chi connectivity index (χ2n) is 4.62. The van der Waals surface area contributed by atoms with Gasteiger partial charge in [-0.3, -0.25) is 4.79 Å². The van der Waals surface area contributed by atoms with Crippen LogP contribution < -0.4 is 9.64 Å². The zero-order chi connectivity index (χ0) is 15.0. The van der Waals surface area contributed by atoms with Gasteiger partial charge < -0.3 is 9.64 Å². The van der Waals surface area contributed by atoms with Crippen molar-refractivity contribution in [1.82, 2.24) is 0 Å². The van der Waals surface area contributed by atoms with E-state index in [0.29, 0.717) is 22.3 Å². The Morgan fingerprint density at radius 3 is 2.76 bits per heavy atom. The van der Waals surface area contributed by atoms with Gasteiger partial charge in [-0.1, -0.05) is 29.3 Å². The maximum Gasteiger partial charge on any atom is 0.265 e. The Bertz CT molecular complexity index is 721. The number of benzene rings is 2. The van der Waals surface area contributed by atoms with Crippen molar-refractivity contribution in [2.75, 3.05) is 11.5 Å². The second kappa shape index (κ2) is 6.02. The van der Waals surface area contributed by atoms with Crippen LogP contribution in [0, 0.1) is 3.57 Å². The molecule has 0 saturated carbocycles. The van der Waals surface area contributed by atoms with E-state index in [1.165, 1.54) is 0 Å². The first kappa shape index (κ1) is 14.9. The van der Waals surface area contributed by atoms with E-state index in [4.69, 9.17) is 27.9 Å². The Labute approximate surface area is 145 Å². The number of hydrogen-bond donors (Lipinski definition) is 0. The summed E-state index contributed by atoms with van der Waals surface area (Å²) in [6.07, 6.45) is 0. The summed E-state index contributed by atoms with van der Waals surface area (Å²) in [5, 5.41) is 1.13. The van der Waals surface area contributed by atoms with E-state index >= 15 is 0 Å². The fraction of sp³-hybridized carbons (Fsp3) is 0.133. The third-order valence-corrected chi connectivity index (χ3v) is 4.47. The average Bonchev–Trinajstić information content (AvgIpc) is 2.44. The average molecular weight is 434 g/mol. The largest absolute Gasteiger partial charge is 0.482 e. The molecule has 6 heteroatoms. The quantitative estimate of drug-likeness (QED) is 0.651. The topological polar surface area (TPSA) is 29.5 Å². The zero-order valence-corrected chi connectivity index (χ0v) is 14.4. The van der Waals surface area contributed by atoms with E-state index in [0.717, 1.165) is 14.8 Å². The van der Waals surface area contributed by atoms with Crippen LogP contribution in [0.5, 0.6) is 5.75 Å². The van der Waals surface area contributed by atoms with Crippen molar-refractivity contribution in [2.24, 2.45) is 0 Å². The molecule has 3 nitrogen and oxygen atoms in total. The highest BCUT2D eigenvalue weighted by Crippen LogP contribution is 2.35. The molecular weight excluding hydrogens is 424 g/mol. The molecule has 1 aliphatic heterocycles. The van der Waals surface area contributed by atoms with Crippen molar-refractivity contribution >= 4 is 57.4 Å². The molecule has 1 heterocycles. The number of fused-ring (bicyclic) bond motifs is 1. The third-order valence-electron chi connectivity index (χ3n) is 3.21. The Kier molecular flexibility index (Phi) is 4.28. The molecule has 108 valence electrons. The van der Waals surface area contributed by atoms with Crippen LogP contribution in [0.1, 0.15) is 5.56 Å². The highest BCUT2D eigenvalue weighted by atomic mass is 127. The van der Waals surface area contributed by atoms with E-state index in [1.54, 1.807) is 17.0 Å². The van der Waals surface area contributed by atoms with E-state index in [2.05, 4.69) is 22.6 Å². The van der Waals surface area contributed by atoms with E-state index in [9.17, 15) is 4.79 Å². The van der Waals surface area contributed by atoms with Crippen LogP contribution in [-0.4, -0.2) is 12.5 Å². The first-order valence-electron chi connectivity index (χ1n) is 6.21. The number of ether oxygens (including phenoxy) is 1. The van der Waals surface area contributed by atoms with E-state index in [-0.39, 0.29) is 12.5 Å². The molecule has 0 bridgehead atoms. The van der Waals surface area contributed by atoms with Gasteiger partial charge >= 0.3 is 0 Å². The summed E-state index contributed by atoms with van der Waals surface area (Å²) in [5.41, 5.74) is 1.62. The summed E-state index contributed by atoms with van der Waals surface area (Å²) in [6, 6.07) is 11.0. The molecule has 1 amide bonds. The molecule has 2 aromatic rings. The third kappa shape index (κ3) is 3.12. The van der Waals surface area contributed by atoms with Crippen molar-refractivity contribution in [1.29, 1.82) is 0 Å². The Morgan fingerprint density at radius 2 is 2.00 bits per heavy atom. The summed E-state index contributed by atoms with van der Waals surface area (Å²) in [4.78, 5) is 13.9. The van der Waals surface area contributed by atoms with Gasteiger partial charge in [0.1, 0.15) is 5.75 Å². The molecule has 21 heavy (non-hydrogen) atoms. The lowest BCUT2D eigenvalue weighted by Crippen LogP contribution is -2.38. The minimum Gasteiger partial charge on any atom is -0.482 e. The van der Waals surface area contributed by atoms with Gasteiger partial charge in [0, 0.05) is 13.6 Å². The first-order chi connectivity index (χ1) is 10.0. The van der Waals surface area contributed by atoms with Crippen molar-refractivity contribution in [2.45, 2.75) is 6.54 Å². The summed E-state index contributed by atoms with van der Waals surface area (Å²) in [6.45, 7) is 0.435. The van der Waals surface area contributed by atoms with Crippen molar-refractivity contribution in [3.05, 3.63) is 55.6 Å². The number of amides is 1. The van der Waals surface area contributed by atoms with Gasteiger partial charge in [0.25, 0.3) is 5.91 Å². The highest BCUT2D eigenvalue weighted by Gasteiger charge is 2.26. The van der Waals surface area contributed by atoms with Gasteiger partial charge in [-0.2, -0.15) is 0 Å². The van der Waals surface area contributed by atoms with Crippen LogP contribution >= 0.6 is 45.8 Å². The molecule has 0 N–H and O–H groups in total. The van der Waals surface area contributed by atoms with Crippen LogP contribution in [0.25, 0.3) is 0 Å². The maximum atomic E-state index is 12.2. The predicted molar refractivity (Wildman–Crippen MR) is 92.3 cm³/mol. The molecule has 0 saturated heterocycles. The normalized spacial score (nSPS) is 13.9. The number of carbonyl (C=O) groups is 1. The Hall–Kier alpha value is -0.980. The van der Waals surface area contributed by atoms with Crippen LogP contribution in [0.15, 0.2) is 36.4 Å². The Morgan fingerprint density at radius 1 is 1.19 bits per heavy atom. The minimum atomic E-state index is -0.0875. The monoisotopic (exact) mass is 433 g/mol. The smallest absolute Gasteiger partial charge is 0.265 e. The van der Waals surface area contributed by atoms with Gasteiger partial charge in [-0.25, -0.2) is 0 Å². The number of nitrogens with zero attached hydrogens (tertiary/aromatic N) is 1. The fourth-order valence-corrected chi connectivity index (χ4v) is 3.11. The van der Waals surface area contributed by atoms with Crippen molar-refractivity contribution in [3.8, 4) is 5.75 Å². The standard InChI is InChI=1S/C15H10Cl2INO2/c16-10-2-1-9(12(17)5-10)7-19-13-6-11(18)3-4-14(13)21-8-15(19)20/h1-6H,7-8H2. The molecule has 0 radical (unpaired) electrons. The van der Waals surface area contributed by atoms with Crippen LogP contribution in [0.3, 0.4) is 0 Å². The molecule has 2 aromatic carbocycles. The molecule has 0 aliphatic carbocycles. The number of carbonyl (C=O) groups excluding carboxylic acids is 1. The minimum absolute atomic E-state index is 0.0405. The van der Waals surface area contributed by atoms with Crippen LogP contribution in [0.4, 0.5) is 5.69 Å². The molecule has 3 rings (SSSR count).